The molecule has 0 fully saturated rings. The molecule has 0 unspecified atom stereocenters. The minimum absolute atomic E-state index is 0.880. The van der Waals surface area contributed by atoms with Gasteiger partial charge >= 0.3 is 0 Å². The number of ether oxygens (including phenoxy) is 1. The number of para-hydroxylation sites is 1. The fraction of sp³-hybridized carbons (Fsp3) is 0.333. The molecular formula is C18H26O. The van der Waals surface area contributed by atoms with Crippen LogP contribution in [0.3, 0.4) is 0 Å². The summed E-state index contributed by atoms with van der Waals surface area (Å²) in [5, 5.41) is 0. The maximum atomic E-state index is 5.72. The summed E-state index contributed by atoms with van der Waals surface area (Å²) in [7, 11) is 0. The zero-order valence-corrected chi connectivity index (χ0v) is 12.8. The Bertz CT molecular complexity index is 421. The van der Waals surface area contributed by atoms with E-state index in [9.17, 15) is 0 Å². The third-order valence-corrected chi connectivity index (χ3v) is 2.29. The summed E-state index contributed by atoms with van der Waals surface area (Å²) in [6.07, 6.45) is 1.03. The molecule has 0 saturated heterocycles. The Labute approximate surface area is 118 Å². The first-order chi connectivity index (χ1) is 9.38. The molecule has 0 aliphatic rings. The Morgan fingerprint density at radius 1 is 0.737 bits per heavy atom. The van der Waals surface area contributed by atoms with Gasteiger partial charge in [-0.25, -0.2) is 0 Å². The predicted octanol–water partition coefficient (Wildman–Crippen LogP) is 6.09. The van der Waals surface area contributed by atoms with Gasteiger partial charge in [-0.2, -0.15) is 0 Å². The van der Waals surface area contributed by atoms with Crippen molar-refractivity contribution in [2.24, 2.45) is 0 Å². The van der Waals surface area contributed by atoms with E-state index in [0.717, 1.165) is 17.9 Å². The molecule has 0 saturated carbocycles. The second kappa shape index (κ2) is 11.3. The van der Waals surface area contributed by atoms with Gasteiger partial charge in [0.15, 0.2) is 0 Å². The lowest BCUT2D eigenvalue weighted by Gasteiger charge is -2.06. The fourth-order valence-corrected chi connectivity index (χ4v) is 1.45. The van der Waals surface area contributed by atoms with Gasteiger partial charge in [-0.3, -0.25) is 0 Å². The van der Waals surface area contributed by atoms with Gasteiger partial charge in [0, 0.05) is 0 Å². The lowest BCUT2D eigenvalue weighted by Crippen LogP contribution is -1.85. The number of hydrogen-bond donors (Lipinski definition) is 0. The highest BCUT2D eigenvalue weighted by atomic mass is 16.5. The van der Waals surface area contributed by atoms with Crippen molar-refractivity contribution in [2.45, 2.75) is 41.0 Å². The maximum absolute atomic E-state index is 5.72. The van der Waals surface area contributed by atoms with Gasteiger partial charge in [0.05, 0.1) is 0 Å². The highest BCUT2D eigenvalue weighted by Gasteiger charge is 1.96. The van der Waals surface area contributed by atoms with Crippen molar-refractivity contribution in [1.29, 1.82) is 0 Å². The molecule has 19 heavy (non-hydrogen) atoms. The quantitative estimate of drug-likeness (QED) is 0.647. The van der Waals surface area contributed by atoms with Crippen LogP contribution < -0.4 is 4.74 Å². The normalized spacial score (nSPS) is 8.47. The molecular weight excluding hydrogens is 232 g/mol. The van der Waals surface area contributed by atoms with Crippen LogP contribution in [0, 0.1) is 0 Å². The molecule has 0 spiro atoms. The number of benzene rings is 2. The molecule has 0 bridgehead atoms. The zero-order valence-electron chi connectivity index (χ0n) is 12.8. The fourth-order valence-electron chi connectivity index (χ4n) is 1.45. The smallest absolute Gasteiger partial charge is 0.127 e. The van der Waals surface area contributed by atoms with Gasteiger partial charge in [0.1, 0.15) is 11.5 Å². The molecule has 0 amide bonds. The van der Waals surface area contributed by atoms with Crippen molar-refractivity contribution in [3.05, 3.63) is 60.2 Å². The Morgan fingerprint density at radius 2 is 1.32 bits per heavy atom. The SMILES string of the molecule is CC.CC.CCc1cccc(Oc2ccccc2)c1. The highest BCUT2D eigenvalue weighted by Crippen LogP contribution is 2.21. The first-order valence-corrected chi connectivity index (χ1v) is 7.20. The maximum Gasteiger partial charge on any atom is 0.127 e. The molecule has 0 radical (unpaired) electrons. The first-order valence-electron chi connectivity index (χ1n) is 7.20. The largest absolute Gasteiger partial charge is 0.457 e. The van der Waals surface area contributed by atoms with Gasteiger partial charge in [-0.1, -0.05) is 65.0 Å². The van der Waals surface area contributed by atoms with Crippen molar-refractivity contribution in [3.63, 3.8) is 0 Å². The van der Waals surface area contributed by atoms with Crippen LogP contribution in [-0.2, 0) is 6.42 Å². The molecule has 0 N–H and O–H groups in total. The summed E-state index contributed by atoms with van der Waals surface area (Å²) < 4.78 is 5.72. The Kier molecular flexibility index (Phi) is 10.3. The van der Waals surface area contributed by atoms with Crippen LogP contribution in [0.1, 0.15) is 40.2 Å². The van der Waals surface area contributed by atoms with Crippen LogP contribution in [-0.4, -0.2) is 0 Å². The van der Waals surface area contributed by atoms with Crippen molar-refractivity contribution < 1.29 is 4.74 Å². The second-order valence-corrected chi connectivity index (χ2v) is 3.42. The topological polar surface area (TPSA) is 9.23 Å². The minimum atomic E-state index is 0.880. The molecule has 0 aliphatic heterocycles. The third kappa shape index (κ3) is 6.66. The van der Waals surface area contributed by atoms with E-state index in [-0.39, 0.29) is 0 Å². The molecule has 0 aromatic heterocycles. The molecule has 1 nitrogen and oxygen atoms in total. The molecule has 104 valence electrons. The average molecular weight is 258 g/mol. The van der Waals surface area contributed by atoms with E-state index in [0.29, 0.717) is 0 Å². The monoisotopic (exact) mass is 258 g/mol. The minimum Gasteiger partial charge on any atom is -0.457 e. The van der Waals surface area contributed by atoms with Gasteiger partial charge in [0.25, 0.3) is 0 Å². The summed E-state index contributed by atoms with van der Waals surface area (Å²) in [5.41, 5.74) is 1.29. The van der Waals surface area contributed by atoms with Gasteiger partial charge in [-0.05, 0) is 36.2 Å². The summed E-state index contributed by atoms with van der Waals surface area (Å²) in [5.74, 6) is 1.78. The molecule has 0 heterocycles. The predicted molar refractivity (Wildman–Crippen MR) is 85.0 cm³/mol. The zero-order chi connectivity index (χ0) is 14.5. The van der Waals surface area contributed by atoms with Crippen molar-refractivity contribution in [2.75, 3.05) is 0 Å². The molecule has 0 atom stereocenters. The molecule has 2 rings (SSSR count). The van der Waals surface area contributed by atoms with E-state index in [1.54, 1.807) is 0 Å². The lowest BCUT2D eigenvalue weighted by atomic mass is 10.2. The second-order valence-electron chi connectivity index (χ2n) is 3.42. The van der Waals surface area contributed by atoms with Gasteiger partial charge in [-0.15, -0.1) is 0 Å². The van der Waals surface area contributed by atoms with E-state index in [1.165, 1.54) is 5.56 Å². The number of rotatable bonds is 3. The van der Waals surface area contributed by atoms with E-state index >= 15 is 0 Å². The van der Waals surface area contributed by atoms with Crippen molar-refractivity contribution in [1.82, 2.24) is 0 Å². The van der Waals surface area contributed by atoms with Gasteiger partial charge in [0.2, 0.25) is 0 Å². The molecule has 0 aliphatic carbocycles. The van der Waals surface area contributed by atoms with E-state index in [4.69, 9.17) is 4.74 Å². The Hall–Kier alpha value is -1.76. The number of hydrogen-bond acceptors (Lipinski definition) is 1. The van der Waals surface area contributed by atoms with Crippen LogP contribution in [0.4, 0.5) is 0 Å². The van der Waals surface area contributed by atoms with Crippen LogP contribution in [0.5, 0.6) is 11.5 Å². The van der Waals surface area contributed by atoms with Crippen LogP contribution in [0.2, 0.25) is 0 Å². The first kappa shape index (κ1) is 17.2. The Morgan fingerprint density at radius 3 is 1.89 bits per heavy atom. The standard InChI is InChI=1S/C14H14O.2C2H6/c1-2-12-7-6-10-14(11-12)15-13-8-4-3-5-9-13;2*1-2/h3-11H,2H2,1H3;2*1-2H3. The van der Waals surface area contributed by atoms with E-state index in [2.05, 4.69) is 19.1 Å². The third-order valence-electron chi connectivity index (χ3n) is 2.29. The van der Waals surface area contributed by atoms with E-state index in [1.807, 2.05) is 70.2 Å². The van der Waals surface area contributed by atoms with E-state index < -0.39 is 0 Å². The summed E-state index contributed by atoms with van der Waals surface area (Å²) >= 11 is 0. The average Bonchev–Trinajstić information content (AvgIpc) is 2.52. The summed E-state index contributed by atoms with van der Waals surface area (Å²) in [6, 6.07) is 18.0. The molecule has 2 aromatic rings. The van der Waals surface area contributed by atoms with Crippen molar-refractivity contribution in [3.8, 4) is 11.5 Å². The van der Waals surface area contributed by atoms with Crippen LogP contribution in [0.15, 0.2) is 54.6 Å². The lowest BCUT2D eigenvalue weighted by molar-refractivity contribution is 0.482. The Balaban J connectivity index is 0.000000741. The van der Waals surface area contributed by atoms with Crippen LogP contribution in [0.25, 0.3) is 0 Å². The molecule has 1 heteroatoms. The molecule has 2 aromatic carbocycles. The van der Waals surface area contributed by atoms with Crippen LogP contribution >= 0.6 is 0 Å². The van der Waals surface area contributed by atoms with Crippen molar-refractivity contribution >= 4 is 0 Å². The number of aryl methyl sites for hydroxylation is 1. The summed E-state index contributed by atoms with van der Waals surface area (Å²) in [6.45, 7) is 10.1. The highest BCUT2D eigenvalue weighted by molar-refractivity contribution is 5.33. The summed E-state index contributed by atoms with van der Waals surface area (Å²) in [4.78, 5) is 0. The van der Waals surface area contributed by atoms with Gasteiger partial charge < -0.3 is 4.74 Å².